The first kappa shape index (κ1) is 22.2. The van der Waals surface area contributed by atoms with E-state index in [0.717, 1.165) is 12.1 Å². The highest BCUT2D eigenvalue weighted by Gasteiger charge is 2.13. The second-order valence-electron chi connectivity index (χ2n) is 6.59. The summed E-state index contributed by atoms with van der Waals surface area (Å²) >= 11 is 6.11. The Morgan fingerprint density at radius 3 is 2.50 bits per heavy atom. The van der Waals surface area contributed by atoms with Gasteiger partial charge in [-0.25, -0.2) is 0 Å². The van der Waals surface area contributed by atoms with E-state index in [4.69, 9.17) is 21.1 Å². The van der Waals surface area contributed by atoms with Gasteiger partial charge in [0.15, 0.2) is 6.61 Å². The van der Waals surface area contributed by atoms with Crippen LogP contribution in [0.2, 0.25) is 5.02 Å². The van der Waals surface area contributed by atoms with Crippen molar-refractivity contribution in [1.29, 1.82) is 0 Å². The maximum absolute atomic E-state index is 11.2. The molecule has 0 aliphatic heterocycles. The number of hydrogen-bond acceptors (Lipinski definition) is 4. The first-order valence-corrected chi connectivity index (χ1v) is 9.92. The van der Waals surface area contributed by atoms with E-state index in [9.17, 15) is 4.79 Å². The van der Waals surface area contributed by atoms with Crippen molar-refractivity contribution in [3.63, 3.8) is 0 Å². The van der Waals surface area contributed by atoms with Crippen LogP contribution in [-0.4, -0.2) is 39.3 Å². The molecule has 2 atom stereocenters. The predicted octanol–water partition coefficient (Wildman–Crippen LogP) is 3.94. The smallest absolute Gasteiger partial charge is 0.257 e. The Morgan fingerprint density at radius 1 is 1.11 bits per heavy atom. The minimum atomic E-state index is -0.148. The molecule has 0 saturated heterocycles. The van der Waals surface area contributed by atoms with Crippen LogP contribution in [0.25, 0.3) is 0 Å². The van der Waals surface area contributed by atoms with Gasteiger partial charge in [0.1, 0.15) is 5.75 Å². The van der Waals surface area contributed by atoms with Crippen molar-refractivity contribution in [3.05, 3.63) is 64.7 Å². The number of nitrogens with one attached hydrogen (secondary N) is 2. The number of ether oxygens (including phenoxy) is 2. The first-order chi connectivity index (χ1) is 13.5. The van der Waals surface area contributed by atoms with Crippen LogP contribution in [0.15, 0.2) is 48.5 Å². The lowest BCUT2D eigenvalue weighted by molar-refractivity contribution is -0.122. The molecular formula is C22H29ClN2O3. The first-order valence-electron chi connectivity index (χ1n) is 9.54. The second-order valence-corrected chi connectivity index (χ2v) is 7.03. The minimum absolute atomic E-state index is 0.0231. The predicted molar refractivity (Wildman–Crippen MR) is 113 cm³/mol. The summed E-state index contributed by atoms with van der Waals surface area (Å²) in [5.41, 5.74) is 2.28. The van der Waals surface area contributed by atoms with Gasteiger partial charge in [-0.05, 0) is 48.2 Å². The molecule has 0 bridgehead atoms. The molecule has 0 heterocycles. The van der Waals surface area contributed by atoms with Gasteiger partial charge >= 0.3 is 0 Å². The zero-order valence-corrected chi connectivity index (χ0v) is 17.5. The van der Waals surface area contributed by atoms with Gasteiger partial charge in [0.25, 0.3) is 5.91 Å². The zero-order chi connectivity index (χ0) is 20.4. The van der Waals surface area contributed by atoms with E-state index in [-0.39, 0.29) is 18.6 Å². The normalized spacial score (nSPS) is 13.0. The monoisotopic (exact) mass is 404 g/mol. The average molecular weight is 405 g/mol. The Labute approximate surface area is 172 Å². The summed E-state index contributed by atoms with van der Waals surface area (Å²) in [6.45, 7) is 6.37. The van der Waals surface area contributed by atoms with Gasteiger partial charge in [-0.15, -0.1) is 0 Å². The molecule has 152 valence electrons. The third-order valence-corrected chi connectivity index (χ3v) is 4.70. The Morgan fingerprint density at radius 2 is 1.86 bits per heavy atom. The largest absolute Gasteiger partial charge is 0.484 e. The van der Waals surface area contributed by atoms with Crippen molar-refractivity contribution in [2.45, 2.75) is 25.9 Å². The van der Waals surface area contributed by atoms with E-state index in [2.05, 4.69) is 17.6 Å². The molecule has 0 spiro atoms. The second kappa shape index (κ2) is 11.7. The molecule has 1 amide bonds. The minimum Gasteiger partial charge on any atom is -0.484 e. The summed E-state index contributed by atoms with van der Waals surface area (Å²) < 4.78 is 11.3. The third-order valence-electron chi connectivity index (χ3n) is 4.47. The van der Waals surface area contributed by atoms with Gasteiger partial charge < -0.3 is 20.1 Å². The molecule has 28 heavy (non-hydrogen) atoms. The molecule has 2 N–H and O–H groups in total. The van der Waals surface area contributed by atoms with E-state index < -0.39 is 0 Å². The van der Waals surface area contributed by atoms with Crippen LogP contribution in [0.4, 0.5) is 0 Å². The fourth-order valence-electron chi connectivity index (χ4n) is 2.84. The standard InChI is InChI=1S/C22H29ClN2O3/c1-4-27-21(18-6-5-7-19(23)12-18)14-25-13-16(2)17-8-10-20(11-9-17)28-15-22(26)24-3/h5-12,16,21,25H,4,13-15H2,1-3H3,(H,24,26). The molecule has 2 aromatic carbocycles. The summed E-state index contributed by atoms with van der Waals surface area (Å²) in [4.78, 5) is 11.2. The average Bonchev–Trinajstić information content (AvgIpc) is 2.71. The molecule has 0 fully saturated rings. The lowest BCUT2D eigenvalue weighted by atomic mass is 10.0. The number of benzene rings is 2. The Hall–Kier alpha value is -2.08. The summed E-state index contributed by atoms with van der Waals surface area (Å²) in [5.74, 6) is 0.865. The highest BCUT2D eigenvalue weighted by atomic mass is 35.5. The Balaban J connectivity index is 1.84. The summed E-state index contributed by atoms with van der Waals surface area (Å²) in [5, 5.41) is 6.74. The molecule has 0 aliphatic rings. The molecule has 0 aliphatic carbocycles. The van der Waals surface area contributed by atoms with Crippen LogP contribution >= 0.6 is 11.6 Å². The number of rotatable bonds is 11. The SMILES string of the molecule is CCOC(CNCC(C)c1ccc(OCC(=O)NC)cc1)c1cccc(Cl)c1. The fourth-order valence-corrected chi connectivity index (χ4v) is 3.04. The molecular weight excluding hydrogens is 376 g/mol. The quantitative estimate of drug-likeness (QED) is 0.595. The van der Waals surface area contributed by atoms with Gasteiger partial charge in [-0.3, -0.25) is 4.79 Å². The molecule has 0 saturated carbocycles. The summed E-state index contributed by atoms with van der Waals surface area (Å²) in [7, 11) is 1.59. The highest BCUT2D eigenvalue weighted by molar-refractivity contribution is 6.30. The molecule has 2 aromatic rings. The van der Waals surface area contributed by atoms with Crippen LogP contribution in [0.3, 0.4) is 0 Å². The van der Waals surface area contributed by atoms with Crippen LogP contribution in [-0.2, 0) is 9.53 Å². The van der Waals surface area contributed by atoms with E-state index >= 15 is 0 Å². The van der Waals surface area contributed by atoms with Gasteiger partial charge in [0.2, 0.25) is 0 Å². The molecule has 0 radical (unpaired) electrons. The molecule has 2 unspecified atom stereocenters. The summed E-state index contributed by atoms with van der Waals surface area (Å²) in [6, 6.07) is 15.6. The van der Waals surface area contributed by atoms with Gasteiger partial charge in [-0.1, -0.05) is 42.8 Å². The van der Waals surface area contributed by atoms with E-state index in [0.29, 0.717) is 29.8 Å². The molecule has 0 aromatic heterocycles. The van der Waals surface area contributed by atoms with Crippen molar-refractivity contribution in [2.24, 2.45) is 0 Å². The van der Waals surface area contributed by atoms with Crippen LogP contribution in [0.1, 0.15) is 37.0 Å². The number of carbonyl (C=O) groups excluding carboxylic acids is 1. The molecule has 6 heteroatoms. The topological polar surface area (TPSA) is 59.6 Å². The van der Waals surface area contributed by atoms with Crippen molar-refractivity contribution >= 4 is 17.5 Å². The van der Waals surface area contributed by atoms with E-state index in [1.165, 1.54) is 5.56 Å². The molecule has 5 nitrogen and oxygen atoms in total. The third kappa shape index (κ3) is 7.15. The van der Waals surface area contributed by atoms with Crippen LogP contribution < -0.4 is 15.4 Å². The van der Waals surface area contributed by atoms with Gasteiger partial charge in [-0.2, -0.15) is 0 Å². The van der Waals surface area contributed by atoms with E-state index in [1.54, 1.807) is 7.05 Å². The maximum atomic E-state index is 11.2. The Kier molecular flexibility index (Phi) is 9.28. The fraction of sp³-hybridized carbons (Fsp3) is 0.409. The zero-order valence-electron chi connectivity index (χ0n) is 16.7. The van der Waals surface area contributed by atoms with Crippen molar-refractivity contribution in [2.75, 3.05) is 33.4 Å². The number of amides is 1. The number of hydrogen-bond donors (Lipinski definition) is 2. The van der Waals surface area contributed by atoms with Gasteiger partial charge in [0.05, 0.1) is 6.10 Å². The highest BCUT2D eigenvalue weighted by Crippen LogP contribution is 2.22. The lowest BCUT2D eigenvalue weighted by Crippen LogP contribution is -2.27. The number of halogens is 1. The Bertz CT molecular complexity index is 737. The molecule has 2 rings (SSSR count). The van der Waals surface area contributed by atoms with Crippen molar-refractivity contribution < 1.29 is 14.3 Å². The van der Waals surface area contributed by atoms with Gasteiger partial charge in [0, 0.05) is 31.8 Å². The van der Waals surface area contributed by atoms with Crippen molar-refractivity contribution in [3.8, 4) is 5.75 Å². The lowest BCUT2D eigenvalue weighted by Gasteiger charge is -2.20. The number of likely N-dealkylation sites (N-methyl/N-ethyl adjacent to an activating group) is 1. The summed E-state index contributed by atoms with van der Waals surface area (Å²) in [6.07, 6.45) is -0.0311. The van der Waals surface area contributed by atoms with Crippen LogP contribution in [0, 0.1) is 0 Å². The van der Waals surface area contributed by atoms with Crippen LogP contribution in [0.5, 0.6) is 5.75 Å². The maximum Gasteiger partial charge on any atom is 0.257 e. The van der Waals surface area contributed by atoms with Crippen molar-refractivity contribution in [1.82, 2.24) is 10.6 Å². The number of carbonyl (C=O) groups is 1. The van der Waals surface area contributed by atoms with E-state index in [1.807, 2.05) is 55.5 Å².